The zero-order valence-electron chi connectivity index (χ0n) is 21.7. The maximum Gasteiger partial charge on any atom is 0.412 e. The van der Waals surface area contributed by atoms with E-state index in [-0.39, 0.29) is 18.8 Å². The fourth-order valence-electron chi connectivity index (χ4n) is 3.55. The van der Waals surface area contributed by atoms with Crippen LogP contribution in [0.1, 0.15) is 60.5 Å². The first-order valence-corrected chi connectivity index (χ1v) is 11.9. The number of carbonyl (C=O) groups excluding carboxylic acids is 3. The average Bonchev–Trinajstić information content (AvgIpc) is 3.24. The van der Waals surface area contributed by atoms with Crippen molar-refractivity contribution >= 4 is 18.2 Å². The van der Waals surface area contributed by atoms with Crippen LogP contribution < -0.4 is 14.8 Å². The molecule has 1 heterocycles. The number of hydrogen-bond acceptors (Lipinski definition) is 8. The molecule has 3 atom stereocenters. The number of rotatable bonds is 10. The number of carbonyl (C=O) groups is 3. The number of nitrogens with zero attached hydrogens (tertiary/aromatic N) is 1. The van der Waals surface area contributed by atoms with E-state index < -0.39 is 36.6 Å². The molecule has 0 aliphatic carbocycles. The van der Waals surface area contributed by atoms with Gasteiger partial charge in [-0.15, -0.1) is 0 Å². The number of fused-ring (bicyclic) bond motifs is 1. The van der Waals surface area contributed by atoms with Crippen molar-refractivity contribution in [2.75, 3.05) is 20.1 Å². The molecule has 0 saturated carbocycles. The number of nitrogens with one attached hydrogen (secondary N) is 1. The van der Waals surface area contributed by atoms with E-state index in [1.807, 2.05) is 45.9 Å². The van der Waals surface area contributed by atoms with Crippen LogP contribution in [0.2, 0.25) is 0 Å². The summed E-state index contributed by atoms with van der Waals surface area (Å²) >= 11 is 0. The van der Waals surface area contributed by atoms with E-state index in [1.54, 1.807) is 25.7 Å². The van der Waals surface area contributed by atoms with Crippen molar-refractivity contribution in [3.63, 3.8) is 0 Å². The van der Waals surface area contributed by atoms with Gasteiger partial charge in [0, 0.05) is 12.6 Å². The van der Waals surface area contributed by atoms with Gasteiger partial charge in [0.05, 0.1) is 0 Å². The summed E-state index contributed by atoms with van der Waals surface area (Å²) in [5.74, 6) is 0.476. The molecule has 1 aliphatic rings. The van der Waals surface area contributed by atoms with Crippen molar-refractivity contribution in [3.05, 3.63) is 23.8 Å². The number of ether oxygens (including phenoxy) is 5. The van der Waals surface area contributed by atoms with E-state index in [2.05, 4.69) is 5.32 Å². The lowest BCUT2D eigenvalue weighted by Gasteiger charge is -2.28. The maximum absolute atomic E-state index is 12.6. The Hall–Kier alpha value is -3.17. The molecule has 0 bridgehead atoms. The highest BCUT2D eigenvalue weighted by Crippen LogP contribution is 2.33. The Balaban J connectivity index is 1.88. The molecule has 1 N–H and O–H groups in total. The quantitative estimate of drug-likeness (QED) is 0.380. The molecule has 1 aliphatic heterocycles. The molecule has 2 rings (SSSR count). The second-order valence-electron chi connectivity index (χ2n) is 9.53. The summed E-state index contributed by atoms with van der Waals surface area (Å²) in [5, 5.41) is 2.55. The number of alkyl carbamates (subject to hydrolysis) is 1. The van der Waals surface area contributed by atoms with Gasteiger partial charge in [-0.2, -0.15) is 0 Å². The van der Waals surface area contributed by atoms with Gasteiger partial charge in [-0.25, -0.2) is 14.4 Å². The van der Waals surface area contributed by atoms with Gasteiger partial charge < -0.3 is 33.9 Å². The van der Waals surface area contributed by atoms with Crippen molar-refractivity contribution in [1.29, 1.82) is 0 Å². The Morgan fingerprint density at radius 1 is 1.09 bits per heavy atom. The van der Waals surface area contributed by atoms with E-state index in [1.165, 1.54) is 0 Å². The third-order valence-electron chi connectivity index (χ3n) is 5.60. The van der Waals surface area contributed by atoms with Crippen molar-refractivity contribution in [1.82, 2.24) is 10.2 Å². The second-order valence-corrected chi connectivity index (χ2v) is 9.53. The van der Waals surface area contributed by atoms with Gasteiger partial charge in [0.25, 0.3) is 0 Å². The van der Waals surface area contributed by atoms with Crippen LogP contribution in [0.25, 0.3) is 0 Å². The number of amides is 2. The topological polar surface area (TPSA) is 113 Å². The van der Waals surface area contributed by atoms with Crippen LogP contribution in [-0.2, 0) is 25.4 Å². The summed E-state index contributed by atoms with van der Waals surface area (Å²) in [5.41, 5.74) is 0.286. The lowest BCUT2D eigenvalue weighted by Crippen LogP contribution is -2.48. The summed E-state index contributed by atoms with van der Waals surface area (Å²) in [7, 11) is 0. The van der Waals surface area contributed by atoms with Crippen LogP contribution >= 0.6 is 0 Å². The minimum absolute atomic E-state index is 0.176. The number of esters is 1. The van der Waals surface area contributed by atoms with Crippen LogP contribution in [0.5, 0.6) is 11.5 Å². The predicted molar refractivity (Wildman–Crippen MR) is 128 cm³/mol. The van der Waals surface area contributed by atoms with E-state index in [0.29, 0.717) is 30.9 Å². The van der Waals surface area contributed by atoms with Crippen molar-refractivity contribution in [2.45, 2.75) is 79.0 Å². The Morgan fingerprint density at radius 3 is 2.40 bits per heavy atom. The highest BCUT2D eigenvalue weighted by Gasteiger charge is 2.30. The van der Waals surface area contributed by atoms with Gasteiger partial charge in [-0.05, 0) is 64.7 Å². The Morgan fingerprint density at radius 2 is 1.77 bits per heavy atom. The van der Waals surface area contributed by atoms with Crippen molar-refractivity contribution in [2.24, 2.45) is 5.92 Å². The SMILES string of the molecule is CCC(C)[C@@H](NC(=O)OC(C)(C)C)C(=O)OCOC(=O)N(CC)[C@@H](C)Cc1ccc2c(c1)OCO2. The van der Waals surface area contributed by atoms with E-state index in [0.717, 1.165) is 5.56 Å². The lowest BCUT2D eigenvalue weighted by atomic mass is 9.99. The van der Waals surface area contributed by atoms with E-state index in [9.17, 15) is 14.4 Å². The normalized spacial score (nSPS) is 14.9. The van der Waals surface area contributed by atoms with Crippen LogP contribution in [0.4, 0.5) is 9.59 Å². The van der Waals surface area contributed by atoms with Gasteiger partial charge in [-0.1, -0.05) is 26.3 Å². The molecule has 1 unspecified atom stereocenters. The molecular formula is C25H38N2O8. The van der Waals surface area contributed by atoms with Gasteiger partial charge in [-0.3, -0.25) is 0 Å². The highest BCUT2D eigenvalue weighted by atomic mass is 16.7. The zero-order chi connectivity index (χ0) is 26.2. The summed E-state index contributed by atoms with van der Waals surface area (Å²) in [6.45, 7) is 12.7. The number of benzene rings is 1. The van der Waals surface area contributed by atoms with Crippen molar-refractivity contribution < 1.29 is 38.1 Å². The largest absolute Gasteiger partial charge is 0.454 e. The average molecular weight is 495 g/mol. The first kappa shape index (κ1) is 28.1. The van der Waals surface area contributed by atoms with Crippen LogP contribution in [0.15, 0.2) is 18.2 Å². The van der Waals surface area contributed by atoms with Gasteiger partial charge in [0.15, 0.2) is 11.5 Å². The molecule has 35 heavy (non-hydrogen) atoms. The molecular weight excluding hydrogens is 456 g/mol. The molecule has 0 radical (unpaired) electrons. The predicted octanol–water partition coefficient (Wildman–Crippen LogP) is 4.24. The Bertz CT molecular complexity index is 883. The fourth-order valence-corrected chi connectivity index (χ4v) is 3.55. The molecule has 10 nitrogen and oxygen atoms in total. The molecule has 0 fully saturated rings. The van der Waals surface area contributed by atoms with E-state index in [4.69, 9.17) is 23.7 Å². The lowest BCUT2D eigenvalue weighted by molar-refractivity contribution is -0.156. The first-order chi connectivity index (χ1) is 16.4. The minimum Gasteiger partial charge on any atom is -0.454 e. The van der Waals surface area contributed by atoms with Crippen molar-refractivity contribution in [3.8, 4) is 11.5 Å². The first-order valence-electron chi connectivity index (χ1n) is 11.9. The Labute approximate surface area is 207 Å². The van der Waals surface area contributed by atoms with Crippen LogP contribution in [0, 0.1) is 5.92 Å². The molecule has 1 aromatic carbocycles. The number of hydrogen-bond donors (Lipinski definition) is 1. The Kier molecular flexibility index (Phi) is 10.0. The zero-order valence-corrected chi connectivity index (χ0v) is 21.7. The van der Waals surface area contributed by atoms with Crippen LogP contribution in [0.3, 0.4) is 0 Å². The third-order valence-corrected chi connectivity index (χ3v) is 5.60. The molecule has 10 heteroatoms. The molecule has 0 spiro atoms. The summed E-state index contributed by atoms with van der Waals surface area (Å²) < 4.78 is 26.3. The molecule has 0 aromatic heterocycles. The molecule has 2 amide bonds. The van der Waals surface area contributed by atoms with Gasteiger partial charge in [0.2, 0.25) is 13.6 Å². The molecule has 196 valence electrons. The fraction of sp³-hybridized carbons (Fsp3) is 0.640. The van der Waals surface area contributed by atoms with E-state index >= 15 is 0 Å². The summed E-state index contributed by atoms with van der Waals surface area (Å²) in [6.07, 6.45) is -0.119. The molecule has 0 saturated heterocycles. The summed E-state index contributed by atoms with van der Waals surface area (Å²) in [6, 6.07) is 4.56. The standard InChI is InChI=1S/C25H38N2O8/c1-8-16(3)21(26-23(29)35-25(5,6)7)22(28)33-15-34-24(30)27(9-2)17(4)12-18-10-11-19-20(13-18)32-14-31-19/h10-11,13,16-17,21H,8-9,12,14-15H2,1-7H3,(H,26,29)/t16?,17-,21+/m0/s1. The van der Waals surface area contributed by atoms with Crippen LogP contribution in [-0.4, -0.2) is 60.9 Å². The second kappa shape index (κ2) is 12.5. The minimum atomic E-state index is -0.930. The summed E-state index contributed by atoms with van der Waals surface area (Å²) in [4.78, 5) is 38.9. The maximum atomic E-state index is 12.6. The van der Waals surface area contributed by atoms with Gasteiger partial charge in [0.1, 0.15) is 11.6 Å². The third kappa shape index (κ3) is 8.52. The monoisotopic (exact) mass is 494 g/mol. The molecule has 1 aromatic rings. The van der Waals surface area contributed by atoms with Gasteiger partial charge >= 0.3 is 18.2 Å². The number of likely N-dealkylation sites (N-methyl/N-ethyl adjacent to an activating group) is 1. The smallest absolute Gasteiger partial charge is 0.412 e. The highest BCUT2D eigenvalue weighted by molar-refractivity contribution is 5.81.